The first-order chi connectivity index (χ1) is 13.5. The summed E-state index contributed by atoms with van der Waals surface area (Å²) in [6, 6.07) is 15.9. The van der Waals surface area contributed by atoms with Crippen LogP contribution in [-0.2, 0) is 9.53 Å². The molecule has 28 heavy (non-hydrogen) atoms. The third kappa shape index (κ3) is 4.01. The van der Waals surface area contributed by atoms with Gasteiger partial charge in [0, 0.05) is 18.2 Å². The standard InChI is InChI=1S/C20H20N4O4/c1-3-28-20(27)23-19(26)22-17-18(25)24(2)15-12-8-7-11-14(15)16(21-17)13-9-5-4-6-10-13/h4-12,17H,3H2,1-2H3,(H2,22,23,26,27)/t17-/m1/s1. The van der Waals surface area contributed by atoms with Gasteiger partial charge in [-0.15, -0.1) is 0 Å². The first-order valence-corrected chi connectivity index (χ1v) is 8.75. The normalized spacial score (nSPS) is 15.8. The number of ether oxygens (including phenoxy) is 1. The molecule has 0 saturated carbocycles. The molecule has 1 aliphatic heterocycles. The number of alkyl carbamates (subject to hydrolysis) is 1. The van der Waals surface area contributed by atoms with Crippen LogP contribution in [0.2, 0.25) is 0 Å². The monoisotopic (exact) mass is 380 g/mol. The Morgan fingerprint density at radius 2 is 1.79 bits per heavy atom. The predicted molar refractivity (Wildman–Crippen MR) is 104 cm³/mol. The third-order valence-corrected chi connectivity index (χ3v) is 4.15. The highest BCUT2D eigenvalue weighted by Gasteiger charge is 2.31. The van der Waals surface area contributed by atoms with Crippen LogP contribution in [0.1, 0.15) is 18.1 Å². The van der Waals surface area contributed by atoms with Gasteiger partial charge in [-0.3, -0.25) is 4.79 Å². The van der Waals surface area contributed by atoms with Crippen molar-refractivity contribution in [2.75, 3.05) is 18.6 Å². The molecule has 2 N–H and O–H groups in total. The lowest BCUT2D eigenvalue weighted by Gasteiger charge is -2.20. The number of fused-ring (bicyclic) bond motifs is 1. The van der Waals surface area contributed by atoms with Crippen LogP contribution >= 0.6 is 0 Å². The Kier molecular flexibility index (Phi) is 5.69. The Morgan fingerprint density at radius 3 is 2.50 bits per heavy atom. The molecule has 8 nitrogen and oxygen atoms in total. The Bertz CT molecular complexity index is 927. The quantitative estimate of drug-likeness (QED) is 0.853. The maximum absolute atomic E-state index is 12.9. The van der Waals surface area contributed by atoms with Crippen molar-refractivity contribution in [1.82, 2.24) is 10.6 Å². The average molecular weight is 380 g/mol. The fourth-order valence-electron chi connectivity index (χ4n) is 2.86. The summed E-state index contributed by atoms with van der Waals surface area (Å²) in [7, 11) is 1.61. The van der Waals surface area contributed by atoms with E-state index in [0.717, 1.165) is 11.1 Å². The maximum Gasteiger partial charge on any atom is 0.415 e. The van der Waals surface area contributed by atoms with Crippen LogP contribution < -0.4 is 15.5 Å². The molecular weight excluding hydrogens is 360 g/mol. The van der Waals surface area contributed by atoms with Gasteiger partial charge in [0.15, 0.2) is 0 Å². The van der Waals surface area contributed by atoms with Crippen LogP contribution in [0, 0.1) is 0 Å². The van der Waals surface area contributed by atoms with Crippen molar-refractivity contribution >= 4 is 29.4 Å². The predicted octanol–water partition coefficient (Wildman–Crippen LogP) is 2.28. The van der Waals surface area contributed by atoms with Gasteiger partial charge in [0.05, 0.1) is 18.0 Å². The van der Waals surface area contributed by atoms with Crippen molar-refractivity contribution in [3.05, 3.63) is 65.7 Å². The number of hydrogen-bond donors (Lipinski definition) is 2. The van der Waals surface area contributed by atoms with Gasteiger partial charge in [-0.2, -0.15) is 0 Å². The molecule has 0 radical (unpaired) electrons. The highest BCUT2D eigenvalue weighted by atomic mass is 16.5. The number of carbonyl (C=O) groups excluding carboxylic acids is 3. The highest BCUT2D eigenvalue weighted by Crippen LogP contribution is 2.26. The minimum Gasteiger partial charge on any atom is -0.450 e. The van der Waals surface area contributed by atoms with Gasteiger partial charge in [0.25, 0.3) is 5.91 Å². The van der Waals surface area contributed by atoms with E-state index in [9.17, 15) is 14.4 Å². The lowest BCUT2D eigenvalue weighted by molar-refractivity contribution is -0.119. The number of urea groups is 1. The number of nitrogens with one attached hydrogen (secondary N) is 2. The van der Waals surface area contributed by atoms with Crippen LogP contribution in [0.25, 0.3) is 0 Å². The van der Waals surface area contributed by atoms with Gasteiger partial charge in [-0.25, -0.2) is 19.9 Å². The summed E-state index contributed by atoms with van der Waals surface area (Å²) >= 11 is 0. The summed E-state index contributed by atoms with van der Waals surface area (Å²) in [6.45, 7) is 1.74. The number of imide groups is 1. The van der Waals surface area contributed by atoms with E-state index in [-0.39, 0.29) is 6.61 Å². The van der Waals surface area contributed by atoms with E-state index >= 15 is 0 Å². The van der Waals surface area contributed by atoms with Crippen molar-refractivity contribution in [3.8, 4) is 0 Å². The van der Waals surface area contributed by atoms with Crippen LogP contribution in [0.3, 0.4) is 0 Å². The minimum atomic E-state index is -1.21. The number of amides is 4. The molecule has 2 aromatic rings. The van der Waals surface area contributed by atoms with Crippen molar-refractivity contribution in [1.29, 1.82) is 0 Å². The van der Waals surface area contributed by atoms with E-state index in [0.29, 0.717) is 11.4 Å². The molecular formula is C20H20N4O4. The topological polar surface area (TPSA) is 100 Å². The Morgan fingerprint density at radius 1 is 1.11 bits per heavy atom. The number of para-hydroxylation sites is 1. The number of benzene rings is 2. The second-order valence-electron chi connectivity index (χ2n) is 5.98. The second-order valence-corrected chi connectivity index (χ2v) is 5.98. The molecule has 0 spiro atoms. The van der Waals surface area contributed by atoms with Gasteiger partial charge in [-0.1, -0.05) is 48.5 Å². The van der Waals surface area contributed by atoms with Crippen molar-refractivity contribution < 1.29 is 19.1 Å². The molecule has 1 heterocycles. The molecule has 0 aromatic heterocycles. The SMILES string of the molecule is CCOC(=O)NC(=O)N[C@H]1N=C(c2ccccc2)c2ccccc2N(C)C1=O. The third-order valence-electron chi connectivity index (χ3n) is 4.15. The molecule has 8 heteroatoms. The minimum absolute atomic E-state index is 0.121. The largest absolute Gasteiger partial charge is 0.450 e. The summed E-state index contributed by atoms with van der Waals surface area (Å²) in [5.74, 6) is -0.433. The zero-order valence-electron chi connectivity index (χ0n) is 15.5. The number of carbonyl (C=O) groups is 3. The van der Waals surface area contributed by atoms with Crippen LogP contribution in [0.5, 0.6) is 0 Å². The Labute approximate surface area is 162 Å². The zero-order valence-corrected chi connectivity index (χ0v) is 15.5. The van der Waals surface area contributed by atoms with E-state index in [4.69, 9.17) is 0 Å². The van der Waals surface area contributed by atoms with Gasteiger partial charge >= 0.3 is 12.1 Å². The molecule has 0 aliphatic carbocycles. The highest BCUT2D eigenvalue weighted by molar-refractivity contribution is 6.20. The van der Waals surface area contributed by atoms with Crippen LogP contribution in [0.15, 0.2) is 59.6 Å². The van der Waals surface area contributed by atoms with E-state index < -0.39 is 24.2 Å². The first kappa shape index (κ1) is 19.1. The van der Waals surface area contributed by atoms with Crippen LogP contribution in [0.4, 0.5) is 15.3 Å². The summed E-state index contributed by atoms with van der Waals surface area (Å²) < 4.78 is 4.67. The molecule has 1 aliphatic rings. The molecule has 0 bridgehead atoms. The lowest BCUT2D eigenvalue weighted by Crippen LogP contribution is -2.50. The van der Waals surface area contributed by atoms with Crippen molar-refractivity contribution in [2.24, 2.45) is 4.99 Å². The van der Waals surface area contributed by atoms with E-state index in [1.165, 1.54) is 4.90 Å². The summed E-state index contributed by atoms with van der Waals surface area (Å²) in [5, 5.41) is 4.44. The van der Waals surface area contributed by atoms with Gasteiger partial charge in [-0.05, 0) is 13.0 Å². The summed E-state index contributed by atoms with van der Waals surface area (Å²) in [5.41, 5.74) is 2.80. The number of aliphatic imine (C=N–C) groups is 1. The molecule has 1 atom stereocenters. The molecule has 2 aromatic carbocycles. The molecule has 0 unspecified atom stereocenters. The Hall–Kier alpha value is -3.68. The van der Waals surface area contributed by atoms with E-state index in [1.807, 2.05) is 59.9 Å². The number of nitrogens with zero attached hydrogens (tertiary/aromatic N) is 2. The zero-order chi connectivity index (χ0) is 20.1. The number of rotatable bonds is 3. The molecule has 0 saturated heterocycles. The van der Waals surface area contributed by atoms with Crippen molar-refractivity contribution in [2.45, 2.75) is 13.1 Å². The van der Waals surface area contributed by atoms with Gasteiger partial charge < -0.3 is 15.0 Å². The fraction of sp³-hybridized carbons (Fsp3) is 0.200. The second kappa shape index (κ2) is 8.34. The number of benzodiazepines with no additional fused rings is 1. The van der Waals surface area contributed by atoms with E-state index in [2.05, 4.69) is 15.0 Å². The molecule has 4 amide bonds. The summed E-state index contributed by atoms with van der Waals surface area (Å²) in [4.78, 5) is 42.4. The number of hydrogen-bond acceptors (Lipinski definition) is 5. The van der Waals surface area contributed by atoms with Crippen LogP contribution in [-0.4, -0.2) is 43.6 Å². The summed E-state index contributed by atoms with van der Waals surface area (Å²) in [6.07, 6.45) is -2.10. The maximum atomic E-state index is 12.9. The van der Waals surface area contributed by atoms with Crippen molar-refractivity contribution in [3.63, 3.8) is 0 Å². The van der Waals surface area contributed by atoms with Gasteiger partial charge in [0.1, 0.15) is 0 Å². The smallest absolute Gasteiger partial charge is 0.415 e. The number of anilines is 1. The first-order valence-electron chi connectivity index (χ1n) is 8.75. The Balaban J connectivity index is 1.98. The average Bonchev–Trinajstić information content (AvgIpc) is 2.79. The lowest BCUT2D eigenvalue weighted by atomic mass is 10.0. The van der Waals surface area contributed by atoms with E-state index in [1.54, 1.807) is 14.0 Å². The fourth-order valence-corrected chi connectivity index (χ4v) is 2.86. The molecule has 0 fully saturated rings. The number of likely N-dealkylation sites (N-methyl/N-ethyl adjacent to an activating group) is 1. The molecule has 3 rings (SSSR count). The molecule has 144 valence electrons. The van der Waals surface area contributed by atoms with Gasteiger partial charge in [0.2, 0.25) is 6.17 Å².